The van der Waals surface area contributed by atoms with E-state index in [1.54, 1.807) is 24.3 Å². The number of hydrogen-bond donors (Lipinski definition) is 2. The van der Waals surface area contributed by atoms with Gasteiger partial charge in [-0.15, -0.1) is 0 Å². The Kier molecular flexibility index (Phi) is 8.17. The number of carbonyl (C=O) groups excluding carboxylic acids is 2. The fraction of sp³-hybridized carbons (Fsp3) is 0.286. The van der Waals surface area contributed by atoms with Gasteiger partial charge in [0.2, 0.25) is 5.91 Å². The normalized spacial score (nSPS) is 12.6. The summed E-state index contributed by atoms with van der Waals surface area (Å²) in [6, 6.07) is 24.7. The van der Waals surface area contributed by atoms with E-state index in [2.05, 4.69) is 10.6 Å². The minimum absolute atomic E-state index is 0.0618. The van der Waals surface area contributed by atoms with Gasteiger partial charge in [0.25, 0.3) is 5.91 Å². The number of hydrogen-bond acceptors (Lipinski definition) is 4. The van der Waals surface area contributed by atoms with Crippen molar-refractivity contribution in [1.82, 2.24) is 5.32 Å². The predicted octanol–water partition coefficient (Wildman–Crippen LogP) is 5.20. The monoisotopic (exact) mass is 458 g/mol. The van der Waals surface area contributed by atoms with Crippen LogP contribution in [-0.4, -0.2) is 25.0 Å². The highest BCUT2D eigenvalue weighted by Gasteiger charge is 2.29. The molecule has 1 saturated carbocycles. The van der Waals surface area contributed by atoms with E-state index in [9.17, 15) is 9.59 Å². The Hall–Kier alpha value is -3.80. The average Bonchev–Trinajstić information content (AvgIpc) is 3.72. The molecule has 6 nitrogen and oxygen atoms in total. The SMILES string of the molecule is O=C(NCCCCOc1ccc(OCc2ccccc2)cc1)c1ccc(NC(=O)C2CC2)cc1. The van der Waals surface area contributed by atoms with Crippen LogP contribution in [0.4, 0.5) is 5.69 Å². The molecule has 0 aromatic heterocycles. The van der Waals surface area contributed by atoms with Gasteiger partial charge in [-0.25, -0.2) is 0 Å². The third kappa shape index (κ3) is 7.37. The molecule has 2 N–H and O–H groups in total. The van der Waals surface area contributed by atoms with Crippen molar-refractivity contribution in [3.63, 3.8) is 0 Å². The van der Waals surface area contributed by atoms with Crippen molar-refractivity contribution in [2.45, 2.75) is 32.3 Å². The zero-order valence-electron chi connectivity index (χ0n) is 19.2. The summed E-state index contributed by atoms with van der Waals surface area (Å²) in [5.74, 6) is 1.70. The summed E-state index contributed by atoms with van der Waals surface area (Å²) in [5.41, 5.74) is 2.43. The fourth-order valence-corrected chi connectivity index (χ4v) is 3.39. The van der Waals surface area contributed by atoms with Crippen LogP contribution in [0.15, 0.2) is 78.9 Å². The maximum atomic E-state index is 12.3. The van der Waals surface area contributed by atoms with E-state index >= 15 is 0 Å². The molecule has 0 spiro atoms. The van der Waals surface area contributed by atoms with Gasteiger partial charge >= 0.3 is 0 Å². The van der Waals surface area contributed by atoms with Crippen LogP contribution < -0.4 is 20.1 Å². The van der Waals surface area contributed by atoms with Gasteiger partial charge in [0.05, 0.1) is 6.61 Å². The zero-order valence-corrected chi connectivity index (χ0v) is 19.2. The van der Waals surface area contributed by atoms with Gasteiger partial charge in [-0.05, 0) is 79.8 Å². The summed E-state index contributed by atoms with van der Waals surface area (Å²) < 4.78 is 11.6. The molecule has 3 aromatic carbocycles. The maximum Gasteiger partial charge on any atom is 0.251 e. The third-order valence-electron chi connectivity index (χ3n) is 5.56. The smallest absolute Gasteiger partial charge is 0.251 e. The molecule has 1 aliphatic carbocycles. The molecule has 0 saturated heterocycles. The Morgan fingerprint density at radius 3 is 2.15 bits per heavy atom. The number of unbranched alkanes of at least 4 members (excludes halogenated alkanes) is 1. The van der Waals surface area contributed by atoms with E-state index < -0.39 is 0 Å². The standard InChI is InChI=1S/C28H30N2O4/c31-27(22-10-12-24(13-11-22)30-28(32)23-8-9-23)29-18-4-5-19-33-25-14-16-26(17-15-25)34-20-21-6-2-1-3-7-21/h1-3,6-7,10-17,23H,4-5,8-9,18-20H2,(H,29,31)(H,30,32). The number of benzene rings is 3. The van der Waals surface area contributed by atoms with Gasteiger partial charge in [-0.3, -0.25) is 9.59 Å². The minimum Gasteiger partial charge on any atom is -0.494 e. The molecular formula is C28H30N2O4. The van der Waals surface area contributed by atoms with E-state index in [0.717, 1.165) is 48.4 Å². The molecule has 176 valence electrons. The van der Waals surface area contributed by atoms with E-state index in [1.807, 2.05) is 54.6 Å². The second-order valence-electron chi connectivity index (χ2n) is 8.40. The van der Waals surface area contributed by atoms with Gasteiger partial charge < -0.3 is 20.1 Å². The Balaban J connectivity index is 1.08. The van der Waals surface area contributed by atoms with Crippen LogP contribution in [0.1, 0.15) is 41.6 Å². The Morgan fingerprint density at radius 1 is 0.794 bits per heavy atom. The van der Waals surface area contributed by atoms with Crippen molar-refractivity contribution in [3.8, 4) is 11.5 Å². The van der Waals surface area contributed by atoms with Gasteiger partial charge in [0.15, 0.2) is 0 Å². The molecule has 4 rings (SSSR count). The number of carbonyl (C=O) groups is 2. The molecule has 1 aliphatic rings. The second-order valence-corrected chi connectivity index (χ2v) is 8.40. The molecule has 0 heterocycles. The predicted molar refractivity (Wildman–Crippen MR) is 132 cm³/mol. The lowest BCUT2D eigenvalue weighted by Crippen LogP contribution is -2.24. The van der Waals surface area contributed by atoms with Crippen LogP contribution in [0.5, 0.6) is 11.5 Å². The van der Waals surface area contributed by atoms with Crippen LogP contribution in [0, 0.1) is 5.92 Å². The van der Waals surface area contributed by atoms with E-state index in [0.29, 0.717) is 25.3 Å². The fourth-order valence-electron chi connectivity index (χ4n) is 3.39. The third-order valence-corrected chi connectivity index (χ3v) is 5.56. The number of rotatable bonds is 12. The van der Waals surface area contributed by atoms with Crippen LogP contribution in [0.3, 0.4) is 0 Å². The molecular weight excluding hydrogens is 428 g/mol. The van der Waals surface area contributed by atoms with Gasteiger partial charge in [0, 0.05) is 23.7 Å². The van der Waals surface area contributed by atoms with Crippen molar-refractivity contribution >= 4 is 17.5 Å². The lowest BCUT2D eigenvalue weighted by atomic mass is 10.2. The Bertz CT molecular complexity index is 1060. The number of anilines is 1. The quantitative estimate of drug-likeness (QED) is 0.366. The van der Waals surface area contributed by atoms with Crippen molar-refractivity contribution in [2.24, 2.45) is 5.92 Å². The maximum absolute atomic E-state index is 12.3. The summed E-state index contributed by atoms with van der Waals surface area (Å²) in [6.07, 6.45) is 3.58. The second kappa shape index (κ2) is 11.9. The van der Waals surface area contributed by atoms with E-state index in [1.165, 1.54) is 0 Å². The first-order valence-corrected chi connectivity index (χ1v) is 11.8. The minimum atomic E-state index is -0.118. The molecule has 0 bridgehead atoms. The van der Waals surface area contributed by atoms with Crippen LogP contribution >= 0.6 is 0 Å². The zero-order chi connectivity index (χ0) is 23.6. The largest absolute Gasteiger partial charge is 0.494 e. The topological polar surface area (TPSA) is 76.7 Å². The summed E-state index contributed by atoms with van der Waals surface area (Å²) in [7, 11) is 0. The summed E-state index contributed by atoms with van der Waals surface area (Å²) in [5, 5.41) is 5.80. The Morgan fingerprint density at radius 2 is 1.47 bits per heavy atom. The number of ether oxygens (including phenoxy) is 2. The van der Waals surface area contributed by atoms with Crippen LogP contribution in [-0.2, 0) is 11.4 Å². The summed E-state index contributed by atoms with van der Waals surface area (Å²) in [6.45, 7) is 1.69. The first kappa shape index (κ1) is 23.4. The molecule has 3 aromatic rings. The molecule has 0 atom stereocenters. The lowest BCUT2D eigenvalue weighted by Gasteiger charge is -2.09. The first-order chi connectivity index (χ1) is 16.7. The van der Waals surface area contributed by atoms with E-state index in [-0.39, 0.29) is 17.7 Å². The summed E-state index contributed by atoms with van der Waals surface area (Å²) >= 11 is 0. The van der Waals surface area contributed by atoms with Gasteiger partial charge in [0.1, 0.15) is 18.1 Å². The molecule has 0 aliphatic heterocycles. The highest BCUT2D eigenvalue weighted by atomic mass is 16.5. The molecule has 2 amide bonds. The molecule has 1 fully saturated rings. The van der Waals surface area contributed by atoms with Crippen molar-refractivity contribution in [1.29, 1.82) is 0 Å². The molecule has 0 unspecified atom stereocenters. The number of amides is 2. The van der Waals surface area contributed by atoms with Crippen molar-refractivity contribution < 1.29 is 19.1 Å². The highest BCUT2D eigenvalue weighted by Crippen LogP contribution is 2.30. The first-order valence-electron chi connectivity index (χ1n) is 11.8. The molecule has 34 heavy (non-hydrogen) atoms. The highest BCUT2D eigenvalue weighted by molar-refractivity contribution is 5.96. The average molecular weight is 459 g/mol. The van der Waals surface area contributed by atoms with Crippen LogP contribution in [0.25, 0.3) is 0 Å². The van der Waals surface area contributed by atoms with Crippen molar-refractivity contribution in [3.05, 3.63) is 90.0 Å². The molecule has 6 heteroatoms. The van der Waals surface area contributed by atoms with Crippen LogP contribution in [0.2, 0.25) is 0 Å². The van der Waals surface area contributed by atoms with Gasteiger partial charge in [-0.2, -0.15) is 0 Å². The number of nitrogens with one attached hydrogen (secondary N) is 2. The molecule has 0 radical (unpaired) electrons. The summed E-state index contributed by atoms with van der Waals surface area (Å²) in [4.78, 5) is 24.1. The Labute approximate surface area is 200 Å². The van der Waals surface area contributed by atoms with Crippen molar-refractivity contribution in [2.75, 3.05) is 18.5 Å². The lowest BCUT2D eigenvalue weighted by molar-refractivity contribution is -0.117. The van der Waals surface area contributed by atoms with Gasteiger partial charge in [-0.1, -0.05) is 30.3 Å². The van der Waals surface area contributed by atoms with E-state index in [4.69, 9.17) is 9.47 Å².